The van der Waals surface area contributed by atoms with Crippen LogP contribution in [0, 0.1) is 23.2 Å². The molecule has 1 atom stereocenters. The minimum absolute atomic E-state index is 0.561. The fraction of sp³-hybridized carbons (Fsp3) is 0.632. The van der Waals surface area contributed by atoms with Crippen molar-refractivity contribution >= 4 is 17.3 Å². The van der Waals surface area contributed by atoms with Crippen molar-refractivity contribution in [3.8, 4) is 6.07 Å². The Morgan fingerprint density at radius 1 is 1.22 bits per heavy atom. The maximum absolute atomic E-state index is 9.01. The second kappa shape index (κ2) is 7.55. The molecule has 0 bridgehead atoms. The molecule has 2 fully saturated rings. The molecule has 124 valence electrons. The molecule has 0 amide bonds. The zero-order valence-corrected chi connectivity index (χ0v) is 14.7. The van der Waals surface area contributed by atoms with Gasteiger partial charge in [0, 0.05) is 25.3 Å². The summed E-state index contributed by atoms with van der Waals surface area (Å²) in [4.78, 5) is 5.09. The summed E-state index contributed by atoms with van der Waals surface area (Å²) in [5, 5.41) is 9.58. The Balaban J connectivity index is 1.60. The van der Waals surface area contributed by atoms with E-state index < -0.39 is 0 Å². The van der Waals surface area contributed by atoms with Crippen LogP contribution < -0.4 is 4.90 Å². The predicted molar refractivity (Wildman–Crippen MR) is 95.9 cm³/mol. The zero-order chi connectivity index (χ0) is 16.2. The summed E-state index contributed by atoms with van der Waals surface area (Å²) in [6.07, 6.45) is 5.27. The lowest BCUT2D eigenvalue weighted by Gasteiger charge is -2.38. The molecule has 2 aliphatic heterocycles. The molecule has 23 heavy (non-hydrogen) atoms. The molecule has 3 nitrogen and oxygen atoms in total. The van der Waals surface area contributed by atoms with E-state index in [9.17, 15) is 0 Å². The number of nitrogens with zero attached hydrogens (tertiary/aromatic N) is 3. The molecule has 2 saturated heterocycles. The standard InChI is InChI=1S/C19H26ClN3/c1-15-6-9-22(10-7-15)13-16-3-2-8-23(14-16)18-5-4-17(12-21)19(20)11-18/h4-5,11,15-16H,2-3,6-10,13-14H2,1H3. The largest absolute Gasteiger partial charge is 0.371 e. The van der Waals surface area contributed by atoms with Crippen molar-refractivity contribution in [1.29, 1.82) is 5.26 Å². The number of anilines is 1. The van der Waals surface area contributed by atoms with Crippen LogP contribution in [-0.4, -0.2) is 37.6 Å². The minimum Gasteiger partial charge on any atom is -0.371 e. The fourth-order valence-electron chi connectivity index (χ4n) is 3.85. The summed E-state index contributed by atoms with van der Waals surface area (Å²) in [6, 6.07) is 7.96. The van der Waals surface area contributed by atoms with Crippen molar-refractivity contribution < 1.29 is 0 Å². The Labute approximate surface area is 144 Å². The summed E-state index contributed by atoms with van der Waals surface area (Å²) in [7, 11) is 0. The van der Waals surface area contributed by atoms with Crippen molar-refractivity contribution in [1.82, 2.24) is 4.90 Å². The van der Waals surface area contributed by atoms with Crippen LogP contribution in [0.5, 0.6) is 0 Å². The van der Waals surface area contributed by atoms with Gasteiger partial charge in [-0.3, -0.25) is 0 Å². The van der Waals surface area contributed by atoms with E-state index in [1.165, 1.54) is 45.3 Å². The summed E-state index contributed by atoms with van der Waals surface area (Å²) in [5.41, 5.74) is 1.72. The number of rotatable bonds is 3. The highest BCUT2D eigenvalue weighted by Gasteiger charge is 2.24. The molecule has 1 unspecified atom stereocenters. The van der Waals surface area contributed by atoms with Crippen LogP contribution in [0.15, 0.2) is 18.2 Å². The van der Waals surface area contributed by atoms with E-state index >= 15 is 0 Å². The number of nitriles is 1. The summed E-state index contributed by atoms with van der Waals surface area (Å²) in [5.74, 6) is 1.64. The maximum Gasteiger partial charge on any atom is 0.101 e. The Bertz CT molecular complexity index is 572. The third kappa shape index (κ3) is 4.19. The second-order valence-corrected chi connectivity index (χ2v) is 7.62. The molecular weight excluding hydrogens is 306 g/mol. The van der Waals surface area contributed by atoms with Crippen molar-refractivity contribution in [2.24, 2.45) is 11.8 Å². The fourth-order valence-corrected chi connectivity index (χ4v) is 4.07. The second-order valence-electron chi connectivity index (χ2n) is 7.21. The van der Waals surface area contributed by atoms with Gasteiger partial charge in [-0.15, -0.1) is 0 Å². The van der Waals surface area contributed by atoms with Gasteiger partial charge >= 0.3 is 0 Å². The van der Waals surface area contributed by atoms with Gasteiger partial charge in [0.25, 0.3) is 0 Å². The van der Waals surface area contributed by atoms with Crippen LogP contribution in [0.1, 0.15) is 38.2 Å². The third-order valence-electron chi connectivity index (χ3n) is 5.35. The average molecular weight is 332 g/mol. The normalized spacial score (nSPS) is 23.7. The van der Waals surface area contributed by atoms with Gasteiger partial charge in [-0.1, -0.05) is 18.5 Å². The van der Waals surface area contributed by atoms with Crippen LogP contribution in [0.3, 0.4) is 0 Å². The number of hydrogen-bond acceptors (Lipinski definition) is 3. The number of likely N-dealkylation sites (tertiary alicyclic amines) is 1. The van der Waals surface area contributed by atoms with E-state index in [0.717, 1.165) is 30.6 Å². The van der Waals surface area contributed by atoms with Crippen LogP contribution in [-0.2, 0) is 0 Å². The first kappa shape index (κ1) is 16.6. The summed E-state index contributed by atoms with van der Waals surface area (Å²) < 4.78 is 0. The van der Waals surface area contributed by atoms with Crippen LogP contribution in [0.25, 0.3) is 0 Å². The molecular formula is C19H26ClN3. The van der Waals surface area contributed by atoms with Gasteiger partial charge in [-0.2, -0.15) is 5.26 Å². The Hall–Kier alpha value is -1.24. The van der Waals surface area contributed by atoms with Crippen LogP contribution in [0.2, 0.25) is 5.02 Å². The lowest BCUT2D eigenvalue weighted by molar-refractivity contribution is 0.159. The monoisotopic (exact) mass is 331 g/mol. The van der Waals surface area contributed by atoms with Crippen LogP contribution in [0.4, 0.5) is 5.69 Å². The van der Waals surface area contributed by atoms with Gasteiger partial charge in [0.05, 0.1) is 10.6 Å². The molecule has 0 radical (unpaired) electrons. The molecule has 2 heterocycles. The highest BCUT2D eigenvalue weighted by Crippen LogP contribution is 2.28. The smallest absolute Gasteiger partial charge is 0.101 e. The van der Waals surface area contributed by atoms with Crippen molar-refractivity contribution in [3.05, 3.63) is 28.8 Å². The van der Waals surface area contributed by atoms with Gasteiger partial charge in [0.2, 0.25) is 0 Å². The molecule has 2 aliphatic rings. The number of benzene rings is 1. The third-order valence-corrected chi connectivity index (χ3v) is 5.66. The molecule has 1 aromatic carbocycles. The molecule has 1 aromatic rings. The van der Waals surface area contributed by atoms with Crippen LogP contribution >= 0.6 is 11.6 Å². The zero-order valence-electron chi connectivity index (χ0n) is 14.0. The lowest BCUT2D eigenvalue weighted by Crippen LogP contribution is -2.43. The van der Waals surface area contributed by atoms with Crippen molar-refractivity contribution in [2.75, 3.05) is 37.6 Å². The van der Waals surface area contributed by atoms with Gasteiger partial charge in [0.1, 0.15) is 6.07 Å². The quantitative estimate of drug-likeness (QED) is 0.833. The maximum atomic E-state index is 9.01. The first-order valence-electron chi connectivity index (χ1n) is 8.82. The van der Waals surface area contributed by atoms with Crippen molar-refractivity contribution in [3.63, 3.8) is 0 Å². The minimum atomic E-state index is 0.561. The average Bonchev–Trinajstić information content (AvgIpc) is 2.57. The Morgan fingerprint density at radius 3 is 2.70 bits per heavy atom. The number of piperidine rings is 2. The molecule has 4 heteroatoms. The molecule has 0 saturated carbocycles. The first-order chi connectivity index (χ1) is 11.2. The van der Waals surface area contributed by atoms with E-state index in [4.69, 9.17) is 16.9 Å². The van der Waals surface area contributed by atoms with E-state index in [2.05, 4.69) is 22.8 Å². The topological polar surface area (TPSA) is 30.3 Å². The highest BCUT2D eigenvalue weighted by molar-refractivity contribution is 6.32. The molecule has 0 N–H and O–H groups in total. The van der Waals surface area contributed by atoms with Gasteiger partial charge in [-0.05, 0) is 68.8 Å². The molecule has 3 rings (SSSR count). The van der Waals surface area contributed by atoms with Gasteiger partial charge < -0.3 is 9.80 Å². The summed E-state index contributed by atoms with van der Waals surface area (Å²) in [6.45, 7) is 8.33. The lowest BCUT2D eigenvalue weighted by atomic mass is 9.94. The van der Waals surface area contributed by atoms with E-state index in [0.29, 0.717) is 10.6 Å². The number of hydrogen-bond donors (Lipinski definition) is 0. The van der Waals surface area contributed by atoms with E-state index in [-0.39, 0.29) is 0 Å². The SMILES string of the molecule is CC1CCN(CC2CCCN(c3ccc(C#N)c(Cl)c3)C2)CC1. The Morgan fingerprint density at radius 2 is 2.00 bits per heavy atom. The van der Waals surface area contributed by atoms with Crippen molar-refractivity contribution in [2.45, 2.75) is 32.6 Å². The predicted octanol–water partition coefficient (Wildman–Crippen LogP) is 4.16. The summed E-state index contributed by atoms with van der Waals surface area (Å²) >= 11 is 6.20. The highest BCUT2D eigenvalue weighted by atomic mass is 35.5. The van der Waals surface area contributed by atoms with E-state index in [1.807, 2.05) is 18.2 Å². The molecule has 0 aromatic heterocycles. The number of halogens is 1. The molecule has 0 spiro atoms. The van der Waals surface area contributed by atoms with Gasteiger partial charge in [-0.25, -0.2) is 0 Å². The van der Waals surface area contributed by atoms with Gasteiger partial charge in [0.15, 0.2) is 0 Å². The van der Waals surface area contributed by atoms with E-state index in [1.54, 1.807) is 0 Å². The Kier molecular flexibility index (Phi) is 5.46. The molecule has 0 aliphatic carbocycles. The first-order valence-corrected chi connectivity index (χ1v) is 9.20.